The van der Waals surface area contributed by atoms with Crippen LogP contribution < -0.4 is 15.0 Å². The average Bonchev–Trinajstić information content (AvgIpc) is 2.57. The molecule has 0 saturated heterocycles. The number of nitrogens with one attached hydrogen (secondary N) is 2. The van der Waals surface area contributed by atoms with Gasteiger partial charge in [0.2, 0.25) is 0 Å². The highest BCUT2D eigenvalue weighted by molar-refractivity contribution is 7.89. The topological polar surface area (TPSA) is 84.5 Å². The van der Waals surface area contributed by atoms with E-state index in [1.165, 1.54) is 49.4 Å². The summed E-state index contributed by atoms with van der Waals surface area (Å²) in [6.45, 7) is 1.34. The van der Waals surface area contributed by atoms with Gasteiger partial charge in [0.25, 0.3) is 15.9 Å². The predicted molar refractivity (Wildman–Crippen MR) is 91.4 cm³/mol. The van der Waals surface area contributed by atoms with E-state index in [-0.39, 0.29) is 20.7 Å². The van der Waals surface area contributed by atoms with Crippen molar-refractivity contribution in [2.45, 2.75) is 17.9 Å². The standard InChI is InChI=1S/C15H13Cl2FN2O4S/c1-9(24-12-7-3-2-6-11(12)18)15(21)19-20-25(22,23)13-8-4-5-10(16)14(13)17/h2-9,20H,1H3,(H,19,21)/t9-/m1/s1. The maximum atomic E-state index is 13.5. The van der Waals surface area contributed by atoms with Gasteiger partial charge in [-0.25, -0.2) is 12.8 Å². The summed E-state index contributed by atoms with van der Waals surface area (Å²) in [6, 6.07) is 9.56. The molecule has 2 aromatic carbocycles. The highest BCUT2D eigenvalue weighted by Gasteiger charge is 2.22. The molecule has 0 aromatic heterocycles. The molecule has 0 unspecified atom stereocenters. The quantitative estimate of drug-likeness (QED) is 0.722. The van der Waals surface area contributed by atoms with Crippen LogP contribution in [0.5, 0.6) is 5.75 Å². The summed E-state index contributed by atoms with van der Waals surface area (Å²) in [5.41, 5.74) is 1.98. The number of ether oxygens (including phenoxy) is 1. The molecule has 0 radical (unpaired) electrons. The summed E-state index contributed by atoms with van der Waals surface area (Å²) in [4.78, 5) is 13.5. The van der Waals surface area contributed by atoms with Gasteiger partial charge in [-0.15, -0.1) is 4.83 Å². The molecule has 0 saturated carbocycles. The van der Waals surface area contributed by atoms with Crippen molar-refractivity contribution in [2.75, 3.05) is 0 Å². The first-order valence-corrected chi connectivity index (χ1v) is 9.13. The number of benzene rings is 2. The first-order valence-electron chi connectivity index (χ1n) is 6.89. The summed E-state index contributed by atoms with van der Waals surface area (Å²) in [7, 11) is -4.15. The molecule has 0 aliphatic heterocycles. The molecule has 2 aromatic rings. The van der Waals surface area contributed by atoms with Crippen molar-refractivity contribution < 1.29 is 22.3 Å². The summed E-state index contributed by atoms with van der Waals surface area (Å²) in [5.74, 6) is -1.61. The van der Waals surface area contributed by atoms with Crippen LogP contribution in [-0.2, 0) is 14.8 Å². The Labute approximate surface area is 153 Å². The lowest BCUT2D eigenvalue weighted by Gasteiger charge is -2.16. The number of carbonyl (C=O) groups excluding carboxylic acids is 1. The smallest absolute Gasteiger partial charge is 0.275 e. The molecule has 0 fully saturated rings. The minimum absolute atomic E-state index is 0.0483. The largest absolute Gasteiger partial charge is 0.478 e. The average molecular weight is 407 g/mol. The molecule has 10 heteroatoms. The van der Waals surface area contributed by atoms with Crippen molar-refractivity contribution in [1.29, 1.82) is 0 Å². The second kappa shape index (κ2) is 8.01. The van der Waals surface area contributed by atoms with Crippen LogP contribution in [0, 0.1) is 5.82 Å². The van der Waals surface area contributed by atoms with E-state index in [1.807, 2.05) is 10.3 Å². The van der Waals surface area contributed by atoms with Gasteiger partial charge in [-0.05, 0) is 31.2 Å². The lowest BCUT2D eigenvalue weighted by atomic mass is 10.3. The number of rotatable bonds is 6. The van der Waals surface area contributed by atoms with Gasteiger partial charge >= 0.3 is 0 Å². The molecule has 25 heavy (non-hydrogen) atoms. The first kappa shape index (κ1) is 19.5. The van der Waals surface area contributed by atoms with Crippen LogP contribution in [0.1, 0.15) is 6.92 Å². The molecule has 134 valence electrons. The van der Waals surface area contributed by atoms with E-state index < -0.39 is 27.9 Å². The minimum Gasteiger partial charge on any atom is -0.478 e. The van der Waals surface area contributed by atoms with E-state index in [4.69, 9.17) is 27.9 Å². The Bertz CT molecular complexity index is 893. The van der Waals surface area contributed by atoms with Crippen molar-refractivity contribution in [2.24, 2.45) is 0 Å². The molecule has 2 rings (SSSR count). The number of para-hydroxylation sites is 1. The Morgan fingerprint density at radius 3 is 2.52 bits per heavy atom. The number of hydrogen-bond donors (Lipinski definition) is 2. The van der Waals surface area contributed by atoms with Crippen LogP contribution in [0.4, 0.5) is 4.39 Å². The predicted octanol–water partition coefficient (Wildman–Crippen LogP) is 2.91. The highest BCUT2D eigenvalue weighted by Crippen LogP contribution is 2.28. The van der Waals surface area contributed by atoms with E-state index in [2.05, 4.69) is 0 Å². The van der Waals surface area contributed by atoms with Crippen molar-refractivity contribution >= 4 is 39.1 Å². The fourth-order valence-corrected chi connectivity index (χ4v) is 3.36. The zero-order valence-electron chi connectivity index (χ0n) is 12.8. The minimum atomic E-state index is -4.15. The summed E-state index contributed by atoms with van der Waals surface area (Å²) >= 11 is 11.6. The molecule has 0 aliphatic rings. The highest BCUT2D eigenvalue weighted by atomic mass is 35.5. The van der Waals surface area contributed by atoms with E-state index in [1.54, 1.807) is 0 Å². The normalized spacial score (nSPS) is 12.5. The SMILES string of the molecule is C[C@@H](Oc1ccccc1F)C(=O)NNS(=O)(=O)c1cccc(Cl)c1Cl. The van der Waals surface area contributed by atoms with Crippen molar-refractivity contribution in [3.8, 4) is 5.75 Å². The van der Waals surface area contributed by atoms with Gasteiger partial charge in [-0.2, -0.15) is 0 Å². The molecule has 1 amide bonds. The Hall–Kier alpha value is -1.87. The summed E-state index contributed by atoms with van der Waals surface area (Å²) in [5, 5.41) is -0.131. The molecule has 1 atom stereocenters. The van der Waals surface area contributed by atoms with Crippen LogP contribution in [0.3, 0.4) is 0 Å². The molecule has 0 aliphatic carbocycles. The third-order valence-electron chi connectivity index (χ3n) is 3.02. The third-order valence-corrected chi connectivity index (χ3v) is 5.24. The van der Waals surface area contributed by atoms with Gasteiger partial charge in [0.05, 0.1) is 10.0 Å². The second-order valence-electron chi connectivity index (χ2n) is 4.84. The van der Waals surface area contributed by atoms with E-state index >= 15 is 0 Å². The zero-order chi connectivity index (χ0) is 18.6. The molecule has 2 N–H and O–H groups in total. The number of sulfonamides is 1. The van der Waals surface area contributed by atoms with Crippen LogP contribution in [0.2, 0.25) is 10.0 Å². The Morgan fingerprint density at radius 1 is 1.16 bits per heavy atom. The van der Waals surface area contributed by atoms with Crippen LogP contribution in [0.25, 0.3) is 0 Å². The van der Waals surface area contributed by atoms with E-state index in [0.29, 0.717) is 0 Å². The molecule has 6 nitrogen and oxygen atoms in total. The fourth-order valence-electron chi connectivity index (χ4n) is 1.75. The van der Waals surface area contributed by atoms with E-state index in [9.17, 15) is 17.6 Å². The van der Waals surface area contributed by atoms with Gasteiger partial charge in [0.1, 0.15) is 4.90 Å². The summed E-state index contributed by atoms with van der Waals surface area (Å²) < 4.78 is 43.0. The Morgan fingerprint density at radius 2 is 1.84 bits per heavy atom. The van der Waals surface area contributed by atoms with Crippen molar-refractivity contribution in [3.05, 3.63) is 58.3 Å². The maximum Gasteiger partial charge on any atom is 0.275 e. The second-order valence-corrected chi connectivity index (χ2v) is 7.27. The van der Waals surface area contributed by atoms with E-state index in [0.717, 1.165) is 0 Å². The van der Waals surface area contributed by atoms with Gasteiger partial charge in [0, 0.05) is 0 Å². The zero-order valence-corrected chi connectivity index (χ0v) is 15.1. The maximum absolute atomic E-state index is 13.5. The van der Waals surface area contributed by atoms with Crippen LogP contribution >= 0.6 is 23.2 Å². The van der Waals surface area contributed by atoms with Gasteiger partial charge in [0.15, 0.2) is 17.7 Å². The van der Waals surface area contributed by atoms with Crippen molar-refractivity contribution in [1.82, 2.24) is 10.3 Å². The van der Waals surface area contributed by atoms with Gasteiger partial charge in [-0.3, -0.25) is 10.2 Å². The number of hydrogen-bond acceptors (Lipinski definition) is 4. The molecular weight excluding hydrogens is 394 g/mol. The molecular formula is C15H13Cl2FN2O4S. The van der Waals surface area contributed by atoms with Crippen LogP contribution in [0.15, 0.2) is 47.4 Å². The molecule has 0 spiro atoms. The molecule has 0 bridgehead atoms. The van der Waals surface area contributed by atoms with Crippen molar-refractivity contribution in [3.63, 3.8) is 0 Å². The Balaban J connectivity index is 2.03. The fraction of sp³-hybridized carbons (Fsp3) is 0.133. The lowest BCUT2D eigenvalue weighted by molar-refractivity contribution is -0.127. The van der Waals surface area contributed by atoms with Crippen LogP contribution in [-0.4, -0.2) is 20.4 Å². The number of hydrazine groups is 1. The summed E-state index contributed by atoms with van der Waals surface area (Å²) in [6.07, 6.45) is -1.16. The monoisotopic (exact) mass is 406 g/mol. The first-order chi connectivity index (χ1) is 11.7. The number of amides is 1. The third kappa shape index (κ3) is 4.82. The van der Waals surface area contributed by atoms with Gasteiger partial charge < -0.3 is 4.74 Å². The number of carbonyl (C=O) groups is 1. The Kier molecular flexibility index (Phi) is 6.23. The number of halogens is 3. The van der Waals surface area contributed by atoms with Gasteiger partial charge in [-0.1, -0.05) is 41.4 Å². The lowest BCUT2D eigenvalue weighted by Crippen LogP contribution is -2.47. The molecule has 0 heterocycles.